The molecule has 18 heteroatoms. The van der Waals surface area contributed by atoms with Crippen molar-refractivity contribution in [3.63, 3.8) is 0 Å². The van der Waals surface area contributed by atoms with Crippen LogP contribution < -0.4 is 21.3 Å². The summed E-state index contributed by atoms with van der Waals surface area (Å²) in [6, 6.07) is -0.262. The lowest BCUT2D eigenvalue weighted by Gasteiger charge is -2.38. The first-order valence-electron chi connectivity index (χ1n) is 23.9. The Morgan fingerprint density at radius 1 is 0.672 bits per heavy atom. The van der Waals surface area contributed by atoms with E-state index in [-0.39, 0.29) is 37.7 Å². The first-order chi connectivity index (χ1) is 31.2. The molecule has 2 aliphatic rings. The van der Waals surface area contributed by atoms with Gasteiger partial charge in [0.2, 0.25) is 47.3 Å². The highest BCUT2D eigenvalue weighted by Crippen LogP contribution is 2.21. The highest BCUT2D eigenvalue weighted by Gasteiger charge is 2.42. The topological polar surface area (TPSA) is 227 Å². The maximum Gasteiger partial charge on any atom is 0.248 e. The van der Waals surface area contributed by atoms with Gasteiger partial charge in [-0.25, -0.2) is 0 Å². The Labute approximate surface area is 398 Å². The van der Waals surface area contributed by atoms with Gasteiger partial charge in [-0.1, -0.05) is 71.9 Å². The first kappa shape index (κ1) is 56.2. The van der Waals surface area contributed by atoms with E-state index in [0.717, 1.165) is 24.2 Å². The van der Waals surface area contributed by atoms with Crippen molar-refractivity contribution in [2.75, 3.05) is 40.8 Å². The van der Waals surface area contributed by atoms with Gasteiger partial charge in [0, 0.05) is 40.7 Å². The molecule has 18 nitrogen and oxygen atoms in total. The van der Waals surface area contributed by atoms with E-state index >= 15 is 0 Å². The van der Waals surface area contributed by atoms with Crippen LogP contribution in [0.2, 0.25) is 0 Å². The molecule has 1 aromatic carbocycles. The third-order valence-corrected chi connectivity index (χ3v) is 12.3. The van der Waals surface area contributed by atoms with Crippen LogP contribution in [0.1, 0.15) is 113 Å². The lowest BCUT2D eigenvalue weighted by Crippen LogP contribution is -2.63. The van der Waals surface area contributed by atoms with Crippen molar-refractivity contribution in [2.45, 2.75) is 168 Å². The minimum atomic E-state index is -1.62. The number of carbonyl (C=O) groups is 8. The molecule has 376 valence electrons. The molecule has 1 aromatic rings. The average Bonchev–Trinajstić information content (AvgIpc) is 3.26. The molecule has 0 spiro atoms. The van der Waals surface area contributed by atoms with Crippen molar-refractivity contribution in [1.82, 2.24) is 40.9 Å². The molecule has 67 heavy (non-hydrogen) atoms. The number of carbonyl (C=O) groups excluding carboxylic acids is 8. The highest BCUT2D eigenvalue weighted by molar-refractivity contribution is 5.99. The van der Waals surface area contributed by atoms with Crippen LogP contribution in [0.3, 0.4) is 0 Å². The number of likely N-dealkylation sites (tertiary alicyclic amines) is 1. The molecule has 2 heterocycles. The smallest absolute Gasteiger partial charge is 0.248 e. The minimum absolute atomic E-state index is 0.0163. The van der Waals surface area contributed by atoms with E-state index in [1.807, 2.05) is 27.7 Å². The van der Waals surface area contributed by atoms with E-state index in [4.69, 9.17) is 4.74 Å². The van der Waals surface area contributed by atoms with Crippen LogP contribution in [0.5, 0.6) is 0 Å². The van der Waals surface area contributed by atoms with E-state index in [0.29, 0.717) is 18.7 Å². The molecule has 0 bridgehead atoms. The second-order valence-corrected chi connectivity index (χ2v) is 20.5. The van der Waals surface area contributed by atoms with E-state index in [9.17, 15) is 43.5 Å². The quantitative estimate of drug-likeness (QED) is 0.217. The number of likely N-dealkylation sites (N-methyl/N-ethyl adjacent to an activating group) is 3. The van der Waals surface area contributed by atoms with Gasteiger partial charge in [-0.3, -0.25) is 38.4 Å². The molecule has 2 saturated heterocycles. The summed E-state index contributed by atoms with van der Waals surface area (Å²) in [5.41, 5.74) is -0.103. The van der Waals surface area contributed by atoms with Gasteiger partial charge in [0.05, 0.1) is 24.7 Å². The van der Waals surface area contributed by atoms with Crippen molar-refractivity contribution < 1.29 is 48.2 Å². The number of aliphatic hydroxyl groups is 1. The van der Waals surface area contributed by atoms with Crippen LogP contribution in [0, 0.1) is 17.8 Å². The number of benzene rings is 1. The van der Waals surface area contributed by atoms with Gasteiger partial charge in [-0.05, 0) is 83.1 Å². The van der Waals surface area contributed by atoms with Crippen molar-refractivity contribution in [3.8, 4) is 0 Å². The van der Waals surface area contributed by atoms with E-state index in [1.165, 1.54) is 37.9 Å². The Hall–Kier alpha value is -5.10. The molecule has 0 aliphatic carbocycles. The standard InChI is InChI=1S/C49H80N8O10/c1-29(2)24-36-43(61)50-34(45(63)57-22-18-15-19-23-57)27-39(59)52-40(31(5)6)47(65)55(12)37(25-30(3)4)44(62)51-35(28-67-49(8,9)10)42(60)53-41(32(7)58)48(66)56(13)38(46(64)54(36)11)26-33-20-16-14-17-21-33/h14,16-17,20-21,29-32,34-38,40-41,58H,15,18-19,22-28H2,1-13H3,(H,50,61)(H,51,62)(H,52,59)(H,53,60)/t32-,34+,35+,36+,37+,38+,40+,41+/m1/s1. The maximum atomic E-state index is 14.9. The molecule has 0 unspecified atom stereocenters. The van der Waals surface area contributed by atoms with Gasteiger partial charge in [-0.2, -0.15) is 0 Å². The summed E-state index contributed by atoms with van der Waals surface area (Å²) in [5, 5.41) is 22.1. The average molecular weight is 941 g/mol. The fourth-order valence-electron chi connectivity index (χ4n) is 8.30. The highest BCUT2D eigenvalue weighted by atomic mass is 16.5. The molecule has 5 N–H and O–H groups in total. The van der Waals surface area contributed by atoms with Crippen LogP contribution >= 0.6 is 0 Å². The monoisotopic (exact) mass is 941 g/mol. The second kappa shape index (κ2) is 25.3. The fourth-order valence-corrected chi connectivity index (χ4v) is 8.30. The van der Waals surface area contributed by atoms with Gasteiger partial charge < -0.3 is 50.7 Å². The molecule has 3 rings (SSSR count). The minimum Gasteiger partial charge on any atom is -0.391 e. The molecular weight excluding hydrogens is 861 g/mol. The van der Waals surface area contributed by atoms with Gasteiger partial charge in [-0.15, -0.1) is 0 Å². The Bertz CT molecular complexity index is 1860. The molecule has 2 fully saturated rings. The van der Waals surface area contributed by atoms with Gasteiger partial charge >= 0.3 is 0 Å². The molecule has 0 aromatic heterocycles. The third-order valence-electron chi connectivity index (χ3n) is 12.3. The molecule has 0 radical (unpaired) electrons. The number of nitrogens with zero attached hydrogens (tertiary/aromatic N) is 4. The Kier molecular flexibility index (Phi) is 21.2. The zero-order chi connectivity index (χ0) is 50.5. The van der Waals surface area contributed by atoms with E-state index in [1.54, 1.807) is 69.9 Å². The van der Waals surface area contributed by atoms with E-state index < -0.39 is 114 Å². The van der Waals surface area contributed by atoms with Crippen molar-refractivity contribution in [3.05, 3.63) is 35.9 Å². The number of aliphatic hydroxyl groups excluding tert-OH is 1. The summed E-state index contributed by atoms with van der Waals surface area (Å²) >= 11 is 0. The SMILES string of the molecule is CC(C)C[C@H]1C(=O)N[C@@H](COC(C)(C)C)C(=O)N[C@@H]([C@@H](C)O)C(=O)N(C)[C@@H](Cc2ccccc2)C(=O)N(C)[C@@H](CC(C)C)C(=O)N[C@H](C(=O)N2CCCCC2)CC(=O)N[C@@H](C(C)C)C(=O)N1C. The van der Waals surface area contributed by atoms with E-state index in [2.05, 4.69) is 21.3 Å². The Balaban J connectivity index is 2.29. The van der Waals surface area contributed by atoms with Crippen LogP contribution in [0.25, 0.3) is 0 Å². The molecule has 0 saturated carbocycles. The van der Waals surface area contributed by atoms with Crippen LogP contribution in [0.4, 0.5) is 0 Å². The number of amides is 8. The van der Waals surface area contributed by atoms with Gasteiger partial charge in [0.15, 0.2) is 0 Å². The summed E-state index contributed by atoms with van der Waals surface area (Å²) in [6.45, 7) is 18.0. The van der Waals surface area contributed by atoms with Crippen molar-refractivity contribution in [1.29, 1.82) is 0 Å². The predicted octanol–water partition coefficient (Wildman–Crippen LogP) is 2.01. The molecule has 8 atom stereocenters. The van der Waals surface area contributed by atoms with Gasteiger partial charge in [0.1, 0.15) is 42.3 Å². The Morgan fingerprint density at radius 3 is 1.69 bits per heavy atom. The number of piperidine rings is 1. The number of ether oxygens (including phenoxy) is 1. The molecule has 2 aliphatic heterocycles. The van der Waals surface area contributed by atoms with Crippen LogP contribution in [0.15, 0.2) is 30.3 Å². The van der Waals surface area contributed by atoms with Crippen LogP contribution in [-0.4, -0.2) is 167 Å². The summed E-state index contributed by atoms with van der Waals surface area (Å²) in [4.78, 5) is 121. The summed E-state index contributed by atoms with van der Waals surface area (Å²) in [5.74, 6) is -6.29. The normalized spacial score (nSPS) is 25.9. The van der Waals surface area contributed by atoms with Crippen molar-refractivity contribution in [2.24, 2.45) is 17.8 Å². The summed E-state index contributed by atoms with van der Waals surface area (Å²) in [7, 11) is 4.26. The number of nitrogens with one attached hydrogen (secondary N) is 4. The van der Waals surface area contributed by atoms with Gasteiger partial charge in [0.25, 0.3) is 0 Å². The first-order valence-corrected chi connectivity index (χ1v) is 23.9. The maximum absolute atomic E-state index is 14.9. The Morgan fingerprint density at radius 2 is 1.18 bits per heavy atom. The lowest BCUT2D eigenvalue weighted by atomic mass is 9.97. The largest absolute Gasteiger partial charge is 0.391 e. The number of rotatable bonds is 11. The number of hydrogen-bond donors (Lipinski definition) is 5. The molecular formula is C49H80N8O10. The lowest BCUT2D eigenvalue weighted by molar-refractivity contribution is -0.151. The third kappa shape index (κ3) is 16.6. The summed E-state index contributed by atoms with van der Waals surface area (Å²) < 4.78 is 5.99. The summed E-state index contributed by atoms with van der Waals surface area (Å²) in [6.07, 6.45) is 0.664. The molecule has 8 amide bonds. The predicted molar refractivity (Wildman–Crippen MR) is 254 cm³/mol. The van der Waals surface area contributed by atoms with Crippen LogP contribution in [-0.2, 0) is 49.5 Å². The van der Waals surface area contributed by atoms with Crippen molar-refractivity contribution >= 4 is 47.3 Å². The fraction of sp³-hybridized carbons (Fsp3) is 0.714. The zero-order valence-corrected chi connectivity index (χ0v) is 42.2. The zero-order valence-electron chi connectivity index (χ0n) is 42.2. The number of hydrogen-bond acceptors (Lipinski definition) is 10. The second-order valence-electron chi connectivity index (χ2n) is 20.5.